The number of hydrogen-bond acceptors (Lipinski definition) is 3. The van der Waals surface area contributed by atoms with Crippen LogP contribution in [0.3, 0.4) is 0 Å². The van der Waals surface area contributed by atoms with E-state index >= 15 is 0 Å². The predicted octanol–water partition coefficient (Wildman–Crippen LogP) is 1.56. The monoisotopic (exact) mass is 272 g/mol. The fourth-order valence-corrected chi connectivity index (χ4v) is 1.99. The summed E-state index contributed by atoms with van der Waals surface area (Å²) >= 11 is 0. The van der Waals surface area contributed by atoms with Crippen molar-refractivity contribution in [3.63, 3.8) is 0 Å². The summed E-state index contributed by atoms with van der Waals surface area (Å²) in [6.45, 7) is 4.18. The van der Waals surface area contributed by atoms with E-state index in [4.69, 9.17) is 5.73 Å². The number of carbonyl (C=O) groups is 2. The van der Waals surface area contributed by atoms with Gasteiger partial charge in [-0.3, -0.25) is 14.3 Å². The molecule has 0 unspecified atom stereocenters. The van der Waals surface area contributed by atoms with Crippen molar-refractivity contribution in [3.05, 3.63) is 47.3 Å². The Balaban J connectivity index is 2.31. The summed E-state index contributed by atoms with van der Waals surface area (Å²) in [4.78, 5) is 23.7. The van der Waals surface area contributed by atoms with Crippen LogP contribution in [-0.2, 0) is 6.54 Å². The van der Waals surface area contributed by atoms with Gasteiger partial charge in [-0.1, -0.05) is 18.2 Å². The third kappa shape index (κ3) is 2.54. The first kappa shape index (κ1) is 13.8. The number of aryl methyl sites for hydroxylation is 2. The quantitative estimate of drug-likeness (QED) is 0.885. The average molecular weight is 272 g/mol. The van der Waals surface area contributed by atoms with E-state index in [1.54, 1.807) is 12.1 Å². The molecule has 3 N–H and O–H groups in total. The van der Waals surface area contributed by atoms with Gasteiger partial charge in [0.25, 0.3) is 11.8 Å². The van der Waals surface area contributed by atoms with Crippen LogP contribution in [-0.4, -0.2) is 21.6 Å². The molecule has 20 heavy (non-hydrogen) atoms. The number of hydrogen-bond donors (Lipinski definition) is 2. The van der Waals surface area contributed by atoms with Crippen LogP contribution in [0.15, 0.2) is 30.5 Å². The molecular weight excluding hydrogens is 256 g/mol. The maximum Gasteiger partial charge on any atom is 0.269 e. The molecule has 0 radical (unpaired) electrons. The molecule has 0 bridgehead atoms. The average Bonchev–Trinajstić information content (AvgIpc) is 2.82. The molecule has 104 valence electrons. The van der Waals surface area contributed by atoms with Crippen molar-refractivity contribution in [2.75, 3.05) is 5.32 Å². The lowest BCUT2D eigenvalue weighted by Crippen LogP contribution is -2.21. The second kappa shape index (κ2) is 5.56. The minimum Gasteiger partial charge on any atom is -0.364 e. The Morgan fingerprint density at radius 1 is 1.35 bits per heavy atom. The van der Waals surface area contributed by atoms with Crippen molar-refractivity contribution in [1.82, 2.24) is 9.78 Å². The first-order valence-corrected chi connectivity index (χ1v) is 6.27. The molecule has 6 nitrogen and oxygen atoms in total. The topological polar surface area (TPSA) is 90.0 Å². The Kier molecular flexibility index (Phi) is 3.84. The third-order valence-electron chi connectivity index (χ3n) is 3.01. The SMILES string of the molecule is CCn1ncc(NC(=O)c2ccccc2C)c1C(N)=O. The highest BCUT2D eigenvalue weighted by molar-refractivity contribution is 6.08. The zero-order chi connectivity index (χ0) is 14.7. The molecule has 0 aliphatic rings. The molecule has 0 aliphatic heterocycles. The number of rotatable bonds is 4. The van der Waals surface area contributed by atoms with Gasteiger partial charge in [0.15, 0.2) is 0 Å². The van der Waals surface area contributed by atoms with Crippen LogP contribution in [0.5, 0.6) is 0 Å². The summed E-state index contributed by atoms with van der Waals surface area (Å²) in [7, 11) is 0. The van der Waals surface area contributed by atoms with Crippen LogP contribution < -0.4 is 11.1 Å². The molecule has 0 spiro atoms. The number of carbonyl (C=O) groups excluding carboxylic acids is 2. The van der Waals surface area contributed by atoms with Crippen LogP contribution in [0, 0.1) is 6.92 Å². The summed E-state index contributed by atoms with van der Waals surface area (Å²) in [5, 5.41) is 6.71. The number of aromatic nitrogens is 2. The normalized spacial score (nSPS) is 10.3. The largest absolute Gasteiger partial charge is 0.364 e. The van der Waals surface area contributed by atoms with Crippen molar-refractivity contribution in [2.45, 2.75) is 20.4 Å². The van der Waals surface area contributed by atoms with Crippen molar-refractivity contribution < 1.29 is 9.59 Å². The second-order valence-electron chi connectivity index (χ2n) is 4.36. The van der Waals surface area contributed by atoms with Gasteiger partial charge >= 0.3 is 0 Å². The van der Waals surface area contributed by atoms with Crippen molar-refractivity contribution in [2.24, 2.45) is 5.73 Å². The number of amides is 2. The fourth-order valence-electron chi connectivity index (χ4n) is 1.99. The second-order valence-corrected chi connectivity index (χ2v) is 4.36. The summed E-state index contributed by atoms with van der Waals surface area (Å²) in [5.41, 5.74) is 7.26. The van der Waals surface area contributed by atoms with E-state index in [1.165, 1.54) is 10.9 Å². The van der Waals surface area contributed by atoms with Gasteiger partial charge in [0.1, 0.15) is 5.69 Å². The van der Waals surface area contributed by atoms with Crippen molar-refractivity contribution in [1.29, 1.82) is 0 Å². The molecule has 0 saturated carbocycles. The highest BCUT2D eigenvalue weighted by Crippen LogP contribution is 2.17. The van der Waals surface area contributed by atoms with Crippen LogP contribution in [0.4, 0.5) is 5.69 Å². The Hall–Kier alpha value is -2.63. The lowest BCUT2D eigenvalue weighted by atomic mass is 10.1. The molecule has 2 aromatic rings. The van der Waals surface area contributed by atoms with E-state index in [0.29, 0.717) is 17.8 Å². The highest BCUT2D eigenvalue weighted by Gasteiger charge is 2.18. The molecule has 6 heteroatoms. The van der Waals surface area contributed by atoms with Crippen molar-refractivity contribution >= 4 is 17.5 Å². The van der Waals surface area contributed by atoms with Crippen LogP contribution in [0.1, 0.15) is 33.3 Å². The molecule has 1 aromatic heterocycles. The van der Waals surface area contributed by atoms with Crippen LogP contribution in [0.25, 0.3) is 0 Å². The number of anilines is 1. The Labute approximate surface area is 116 Å². The van der Waals surface area contributed by atoms with Gasteiger partial charge in [-0.2, -0.15) is 5.10 Å². The summed E-state index contributed by atoms with van der Waals surface area (Å²) < 4.78 is 1.45. The smallest absolute Gasteiger partial charge is 0.269 e. The molecule has 0 saturated heterocycles. The standard InChI is InChI=1S/C14H16N4O2/c1-3-18-12(13(15)19)11(8-16-18)17-14(20)10-7-5-4-6-9(10)2/h4-8H,3H2,1-2H3,(H2,15,19)(H,17,20). The molecule has 0 atom stereocenters. The summed E-state index contributed by atoms with van der Waals surface area (Å²) in [6.07, 6.45) is 1.43. The molecule has 0 fully saturated rings. The lowest BCUT2D eigenvalue weighted by Gasteiger charge is -2.08. The summed E-state index contributed by atoms with van der Waals surface area (Å²) in [5.74, 6) is -0.911. The maximum atomic E-state index is 12.2. The molecule has 0 aliphatic carbocycles. The van der Waals surface area contributed by atoms with E-state index in [1.807, 2.05) is 26.0 Å². The number of nitrogens with zero attached hydrogens (tertiary/aromatic N) is 2. The van der Waals surface area contributed by atoms with E-state index in [-0.39, 0.29) is 11.6 Å². The molecule has 2 rings (SSSR count). The first-order valence-electron chi connectivity index (χ1n) is 6.27. The summed E-state index contributed by atoms with van der Waals surface area (Å²) in [6, 6.07) is 7.21. The Morgan fingerprint density at radius 3 is 2.65 bits per heavy atom. The van der Waals surface area contributed by atoms with Gasteiger partial charge in [0, 0.05) is 12.1 Å². The molecular formula is C14H16N4O2. The van der Waals surface area contributed by atoms with E-state index in [9.17, 15) is 9.59 Å². The van der Waals surface area contributed by atoms with E-state index < -0.39 is 5.91 Å². The van der Waals surface area contributed by atoms with Gasteiger partial charge in [0.2, 0.25) is 0 Å². The lowest BCUT2D eigenvalue weighted by molar-refractivity contribution is 0.0991. The third-order valence-corrected chi connectivity index (χ3v) is 3.01. The highest BCUT2D eigenvalue weighted by atomic mass is 16.2. The van der Waals surface area contributed by atoms with E-state index in [2.05, 4.69) is 10.4 Å². The number of primary amides is 1. The number of nitrogens with two attached hydrogens (primary N) is 1. The molecule has 1 heterocycles. The Bertz CT molecular complexity index is 661. The minimum atomic E-state index is -0.621. The maximum absolute atomic E-state index is 12.2. The minimum absolute atomic E-state index is 0.203. The van der Waals surface area contributed by atoms with Crippen molar-refractivity contribution in [3.8, 4) is 0 Å². The number of benzene rings is 1. The van der Waals surface area contributed by atoms with E-state index in [0.717, 1.165) is 5.56 Å². The number of nitrogens with one attached hydrogen (secondary N) is 1. The first-order chi connectivity index (χ1) is 9.54. The Morgan fingerprint density at radius 2 is 2.05 bits per heavy atom. The zero-order valence-electron chi connectivity index (χ0n) is 11.4. The van der Waals surface area contributed by atoms with Gasteiger partial charge in [-0.25, -0.2) is 0 Å². The van der Waals surface area contributed by atoms with Gasteiger partial charge < -0.3 is 11.1 Å². The molecule has 1 aromatic carbocycles. The molecule has 2 amide bonds. The predicted molar refractivity (Wildman–Crippen MR) is 75.6 cm³/mol. The van der Waals surface area contributed by atoms with Gasteiger partial charge in [-0.05, 0) is 25.5 Å². The fraction of sp³-hybridized carbons (Fsp3) is 0.214. The zero-order valence-corrected chi connectivity index (χ0v) is 11.4. The van der Waals surface area contributed by atoms with Crippen LogP contribution >= 0.6 is 0 Å². The van der Waals surface area contributed by atoms with Gasteiger partial charge in [0.05, 0.1) is 11.9 Å². The van der Waals surface area contributed by atoms with Crippen LogP contribution in [0.2, 0.25) is 0 Å². The van der Waals surface area contributed by atoms with Gasteiger partial charge in [-0.15, -0.1) is 0 Å².